The van der Waals surface area contributed by atoms with Gasteiger partial charge in [-0.2, -0.15) is 5.10 Å². The van der Waals surface area contributed by atoms with E-state index in [4.69, 9.17) is 5.73 Å². The van der Waals surface area contributed by atoms with Crippen LogP contribution in [-0.2, 0) is 13.5 Å². The van der Waals surface area contributed by atoms with Gasteiger partial charge in [-0.25, -0.2) is 9.97 Å². The van der Waals surface area contributed by atoms with Gasteiger partial charge in [-0.1, -0.05) is 6.92 Å². The summed E-state index contributed by atoms with van der Waals surface area (Å²) >= 11 is 1.71. The number of hydrogen-bond acceptors (Lipinski definition) is 5. The molecule has 0 aromatic carbocycles. The zero-order valence-electron chi connectivity index (χ0n) is 13.0. The lowest BCUT2D eigenvalue weighted by atomic mass is 10.2. The molecule has 0 aliphatic carbocycles. The number of thiazole rings is 1. The van der Waals surface area contributed by atoms with E-state index in [0.29, 0.717) is 5.95 Å². The molecule has 0 spiro atoms. The number of aryl methyl sites for hydroxylation is 4. The van der Waals surface area contributed by atoms with E-state index in [1.807, 2.05) is 25.6 Å². The third kappa shape index (κ3) is 2.03. The maximum atomic E-state index is 6.18. The lowest BCUT2D eigenvalue weighted by molar-refractivity contribution is 0.640. The molecule has 3 aromatic rings. The number of imidazole rings is 1. The highest BCUT2D eigenvalue weighted by molar-refractivity contribution is 7.11. The SMILES string of the molecule is CCc1nn(C)c2c1nc(N)n2C(C)c1sc(C)nc1C. The van der Waals surface area contributed by atoms with E-state index in [2.05, 4.69) is 33.5 Å². The molecule has 1 atom stereocenters. The van der Waals surface area contributed by atoms with Crippen LogP contribution in [0.2, 0.25) is 0 Å². The van der Waals surface area contributed by atoms with Crippen LogP contribution in [0.4, 0.5) is 5.95 Å². The minimum atomic E-state index is 0.0984. The third-order valence-corrected chi connectivity index (χ3v) is 5.05. The van der Waals surface area contributed by atoms with E-state index < -0.39 is 0 Å². The minimum Gasteiger partial charge on any atom is -0.369 e. The van der Waals surface area contributed by atoms with Gasteiger partial charge >= 0.3 is 0 Å². The molecule has 0 fully saturated rings. The van der Waals surface area contributed by atoms with Gasteiger partial charge in [0.2, 0.25) is 5.95 Å². The molecule has 0 radical (unpaired) electrons. The summed E-state index contributed by atoms with van der Waals surface area (Å²) < 4.78 is 3.93. The van der Waals surface area contributed by atoms with E-state index in [0.717, 1.165) is 34.0 Å². The van der Waals surface area contributed by atoms with E-state index in [-0.39, 0.29) is 6.04 Å². The van der Waals surface area contributed by atoms with Crippen molar-refractivity contribution in [1.82, 2.24) is 24.3 Å². The van der Waals surface area contributed by atoms with Crippen molar-refractivity contribution in [2.45, 2.75) is 40.2 Å². The minimum absolute atomic E-state index is 0.0984. The molecule has 7 heteroatoms. The topological polar surface area (TPSA) is 74.6 Å². The number of nitrogen functional groups attached to an aromatic ring is 1. The molecular formula is C14H20N6S. The van der Waals surface area contributed by atoms with Crippen LogP contribution in [0.25, 0.3) is 11.2 Å². The molecule has 0 amide bonds. The van der Waals surface area contributed by atoms with Gasteiger partial charge in [0.25, 0.3) is 0 Å². The fraction of sp³-hybridized carbons (Fsp3) is 0.500. The molecule has 0 aliphatic heterocycles. The maximum Gasteiger partial charge on any atom is 0.203 e. The zero-order valence-corrected chi connectivity index (χ0v) is 13.8. The van der Waals surface area contributed by atoms with Crippen LogP contribution in [0.15, 0.2) is 0 Å². The van der Waals surface area contributed by atoms with Crippen molar-refractivity contribution >= 4 is 28.4 Å². The molecule has 3 rings (SSSR count). The molecule has 3 aromatic heterocycles. The summed E-state index contributed by atoms with van der Waals surface area (Å²) in [6.45, 7) is 8.29. The Bertz CT molecular complexity index is 809. The van der Waals surface area contributed by atoms with Crippen LogP contribution < -0.4 is 5.73 Å². The number of rotatable bonds is 3. The first-order valence-corrected chi connectivity index (χ1v) is 7.88. The quantitative estimate of drug-likeness (QED) is 0.807. The van der Waals surface area contributed by atoms with Crippen molar-refractivity contribution < 1.29 is 0 Å². The molecule has 2 N–H and O–H groups in total. The van der Waals surface area contributed by atoms with E-state index in [1.165, 1.54) is 4.88 Å². The first-order valence-electron chi connectivity index (χ1n) is 7.07. The Morgan fingerprint density at radius 2 is 2.00 bits per heavy atom. The standard InChI is InChI=1S/C14H20N6S/c1-6-10-11-13(19(5)18-10)20(14(15)17-11)8(3)12-7(2)16-9(4)21-12/h8H,6H2,1-5H3,(H2,15,17). The highest BCUT2D eigenvalue weighted by Gasteiger charge is 2.23. The van der Waals surface area contributed by atoms with Gasteiger partial charge in [0.1, 0.15) is 5.52 Å². The molecular weight excluding hydrogens is 284 g/mol. The van der Waals surface area contributed by atoms with Gasteiger partial charge in [0, 0.05) is 7.05 Å². The number of anilines is 1. The van der Waals surface area contributed by atoms with Crippen LogP contribution in [0.5, 0.6) is 0 Å². The lowest BCUT2D eigenvalue weighted by Gasteiger charge is -2.15. The van der Waals surface area contributed by atoms with E-state index >= 15 is 0 Å². The molecule has 3 heterocycles. The largest absolute Gasteiger partial charge is 0.369 e. The number of nitrogens with two attached hydrogens (primary N) is 1. The summed E-state index contributed by atoms with van der Waals surface area (Å²) in [5.41, 5.74) is 10.1. The third-order valence-electron chi connectivity index (χ3n) is 3.80. The van der Waals surface area contributed by atoms with Crippen LogP contribution in [0, 0.1) is 13.8 Å². The summed E-state index contributed by atoms with van der Waals surface area (Å²) in [5.74, 6) is 0.533. The fourth-order valence-electron chi connectivity index (χ4n) is 2.89. The highest BCUT2D eigenvalue weighted by Crippen LogP contribution is 2.33. The number of fused-ring (bicyclic) bond motifs is 1. The van der Waals surface area contributed by atoms with Crippen LogP contribution in [0.3, 0.4) is 0 Å². The Labute approximate surface area is 127 Å². The Hall–Kier alpha value is -1.89. The van der Waals surface area contributed by atoms with Crippen molar-refractivity contribution in [1.29, 1.82) is 0 Å². The first-order chi connectivity index (χ1) is 9.93. The molecule has 0 bridgehead atoms. The lowest BCUT2D eigenvalue weighted by Crippen LogP contribution is -2.12. The highest BCUT2D eigenvalue weighted by atomic mass is 32.1. The van der Waals surface area contributed by atoms with Gasteiger partial charge in [-0.3, -0.25) is 9.25 Å². The number of hydrogen-bond donors (Lipinski definition) is 1. The average molecular weight is 304 g/mol. The molecule has 0 aliphatic rings. The zero-order chi connectivity index (χ0) is 15.3. The number of aromatic nitrogens is 5. The molecule has 0 saturated carbocycles. The average Bonchev–Trinajstić information content (AvgIpc) is 3.03. The second kappa shape index (κ2) is 4.84. The molecule has 21 heavy (non-hydrogen) atoms. The monoisotopic (exact) mass is 304 g/mol. The molecule has 0 saturated heterocycles. The van der Waals surface area contributed by atoms with Crippen LogP contribution in [-0.4, -0.2) is 24.3 Å². The van der Waals surface area contributed by atoms with E-state index in [9.17, 15) is 0 Å². The van der Waals surface area contributed by atoms with Gasteiger partial charge in [-0.15, -0.1) is 11.3 Å². The van der Waals surface area contributed by atoms with Gasteiger partial charge in [0.15, 0.2) is 5.65 Å². The molecule has 6 nitrogen and oxygen atoms in total. The Morgan fingerprint density at radius 3 is 2.57 bits per heavy atom. The van der Waals surface area contributed by atoms with E-state index in [1.54, 1.807) is 11.3 Å². The molecule has 1 unspecified atom stereocenters. The normalized spacial score (nSPS) is 13.2. The predicted octanol–water partition coefficient (Wildman–Crippen LogP) is 2.60. The predicted molar refractivity (Wildman–Crippen MR) is 85.7 cm³/mol. The van der Waals surface area contributed by atoms with Crippen LogP contribution >= 0.6 is 11.3 Å². The summed E-state index contributed by atoms with van der Waals surface area (Å²) in [4.78, 5) is 10.3. The summed E-state index contributed by atoms with van der Waals surface area (Å²) in [6, 6.07) is 0.0984. The van der Waals surface area contributed by atoms with Crippen LogP contribution in [0.1, 0.15) is 41.2 Å². The van der Waals surface area contributed by atoms with Crippen molar-refractivity contribution in [2.75, 3.05) is 5.73 Å². The van der Waals surface area contributed by atoms with Gasteiger partial charge in [-0.05, 0) is 27.2 Å². The van der Waals surface area contributed by atoms with Crippen molar-refractivity contribution in [3.8, 4) is 0 Å². The fourth-order valence-corrected chi connectivity index (χ4v) is 3.86. The van der Waals surface area contributed by atoms with Crippen molar-refractivity contribution in [3.05, 3.63) is 21.3 Å². The number of nitrogens with zero attached hydrogens (tertiary/aromatic N) is 5. The Balaban J connectivity index is 2.22. The summed E-state index contributed by atoms with van der Waals surface area (Å²) in [6.07, 6.45) is 0.848. The van der Waals surface area contributed by atoms with Crippen molar-refractivity contribution in [2.24, 2.45) is 7.05 Å². The van der Waals surface area contributed by atoms with Crippen molar-refractivity contribution in [3.63, 3.8) is 0 Å². The second-order valence-corrected chi connectivity index (χ2v) is 6.53. The summed E-state index contributed by atoms with van der Waals surface area (Å²) in [5, 5.41) is 5.61. The summed E-state index contributed by atoms with van der Waals surface area (Å²) in [7, 11) is 1.94. The molecule has 112 valence electrons. The Kier molecular flexibility index (Phi) is 3.24. The smallest absolute Gasteiger partial charge is 0.203 e. The second-order valence-electron chi connectivity index (χ2n) is 5.29. The van der Waals surface area contributed by atoms with Gasteiger partial charge < -0.3 is 5.73 Å². The Morgan fingerprint density at radius 1 is 1.29 bits per heavy atom. The maximum absolute atomic E-state index is 6.18. The first kappa shape index (κ1) is 14.1. The van der Waals surface area contributed by atoms with Gasteiger partial charge in [0.05, 0.1) is 27.3 Å².